The van der Waals surface area contributed by atoms with Gasteiger partial charge in [0.15, 0.2) is 5.41 Å². The summed E-state index contributed by atoms with van der Waals surface area (Å²) in [5.41, 5.74) is 0.329. The van der Waals surface area contributed by atoms with Gasteiger partial charge in [-0.15, -0.1) is 0 Å². The molecule has 1 aromatic carbocycles. The van der Waals surface area contributed by atoms with Gasteiger partial charge in [0.25, 0.3) is 0 Å². The molecule has 1 unspecified atom stereocenters. The summed E-state index contributed by atoms with van der Waals surface area (Å²) in [4.78, 5) is 2.13. The van der Waals surface area contributed by atoms with Crippen LogP contribution in [0.2, 0.25) is 0 Å². The van der Waals surface area contributed by atoms with Crippen LogP contribution in [0.3, 0.4) is 0 Å². The summed E-state index contributed by atoms with van der Waals surface area (Å²) < 4.78 is 0. The number of rotatable bonds is 2. The SMILES string of the molecule is CN1CC=C2C(C#N)C(=N)C(C#N)(C#N)[C@@H](Cc3ccccc3)[C@@H]2C1. The van der Waals surface area contributed by atoms with Gasteiger partial charge in [0.05, 0.1) is 23.9 Å². The summed E-state index contributed by atoms with van der Waals surface area (Å²) in [7, 11) is 1.99. The number of hydrogen-bond donors (Lipinski definition) is 1. The molecule has 1 heterocycles. The molecule has 0 saturated heterocycles. The lowest BCUT2D eigenvalue weighted by molar-refractivity contribution is 0.187. The molecule has 1 aromatic rings. The van der Waals surface area contributed by atoms with Crippen LogP contribution in [0.15, 0.2) is 42.0 Å². The standard InChI is InChI=1S/C20H19N5/c1-25-8-7-15-16(10-21)19(24)20(12-22,13-23)18(17(15)11-25)9-14-5-3-2-4-6-14/h2-7,16-18,24H,8-9,11H2,1H3/t16?,17-,18+/m1/s1. The summed E-state index contributed by atoms with van der Waals surface area (Å²) in [5.74, 6) is -1.18. The fourth-order valence-electron chi connectivity index (χ4n) is 4.13. The van der Waals surface area contributed by atoms with E-state index in [9.17, 15) is 15.8 Å². The number of nitriles is 3. The van der Waals surface area contributed by atoms with Crippen LogP contribution < -0.4 is 0 Å². The Bertz CT molecular complexity index is 820. The Morgan fingerprint density at radius 3 is 2.48 bits per heavy atom. The maximum absolute atomic E-state index is 9.87. The number of nitrogens with one attached hydrogen (secondary N) is 1. The molecule has 1 aliphatic heterocycles. The van der Waals surface area contributed by atoms with Crippen molar-refractivity contribution in [1.82, 2.24) is 4.90 Å². The van der Waals surface area contributed by atoms with Crippen LogP contribution in [0.1, 0.15) is 5.56 Å². The quantitative estimate of drug-likeness (QED) is 0.843. The molecular weight excluding hydrogens is 310 g/mol. The Morgan fingerprint density at radius 2 is 1.88 bits per heavy atom. The van der Waals surface area contributed by atoms with Gasteiger partial charge in [-0.1, -0.05) is 36.4 Å². The van der Waals surface area contributed by atoms with Crippen LogP contribution in [-0.2, 0) is 6.42 Å². The molecule has 0 radical (unpaired) electrons. The zero-order valence-corrected chi connectivity index (χ0v) is 14.1. The number of benzene rings is 1. The highest BCUT2D eigenvalue weighted by molar-refractivity contribution is 6.00. The first kappa shape index (κ1) is 16.9. The molecule has 1 aliphatic carbocycles. The first-order valence-electron chi connectivity index (χ1n) is 8.30. The van der Waals surface area contributed by atoms with Crippen molar-refractivity contribution >= 4 is 5.71 Å². The van der Waals surface area contributed by atoms with E-state index in [2.05, 4.69) is 23.1 Å². The van der Waals surface area contributed by atoms with Gasteiger partial charge < -0.3 is 10.3 Å². The van der Waals surface area contributed by atoms with Crippen molar-refractivity contribution in [3.05, 3.63) is 47.5 Å². The van der Waals surface area contributed by atoms with E-state index < -0.39 is 11.3 Å². The van der Waals surface area contributed by atoms with Crippen LogP contribution in [0.25, 0.3) is 0 Å². The molecule has 25 heavy (non-hydrogen) atoms. The Hall–Kier alpha value is -2.94. The lowest BCUT2D eigenvalue weighted by Crippen LogP contribution is -2.54. The van der Waals surface area contributed by atoms with Gasteiger partial charge in [-0.25, -0.2) is 0 Å². The van der Waals surface area contributed by atoms with Crippen molar-refractivity contribution in [2.24, 2.45) is 23.2 Å². The summed E-state index contributed by atoms with van der Waals surface area (Å²) in [5, 5.41) is 37.8. The zero-order valence-electron chi connectivity index (χ0n) is 14.1. The van der Waals surface area contributed by atoms with Crippen molar-refractivity contribution in [2.45, 2.75) is 6.42 Å². The number of hydrogen-bond acceptors (Lipinski definition) is 5. The molecule has 0 aromatic heterocycles. The van der Waals surface area contributed by atoms with E-state index in [1.165, 1.54) is 0 Å². The highest BCUT2D eigenvalue weighted by Gasteiger charge is 2.56. The van der Waals surface area contributed by atoms with Crippen molar-refractivity contribution in [3.8, 4) is 18.2 Å². The largest absolute Gasteiger partial charge is 0.305 e. The van der Waals surface area contributed by atoms with Gasteiger partial charge in [0.1, 0.15) is 5.92 Å². The molecule has 0 bridgehead atoms. The molecule has 2 aliphatic rings. The minimum absolute atomic E-state index is 0.0621. The van der Waals surface area contributed by atoms with Gasteiger partial charge in [-0.05, 0) is 24.6 Å². The second kappa shape index (κ2) is 6.52. The minimum Gasteiger partial charge on any atom is -0.305 e. The summed E-state index contributed by atoms with van der Waals surface area (Å²) in [6, 6.07) is 16.2. The third kappa shape index (κ3) is 2.62. The van der Waals surface area contributed by atoms with Crippen LogP contribution in [0.5, 0.6) is 0 Å². The van der Waals surface area contributed by atoms with Gasteiger partial charge in [-0.3, -0.25) is 0 Å². The summed E-state index contributed by atoms with van der Waals surface area (Å²) >= 11 is 0. The fraction of sp³-hybridized carbons (Fsp3) is 0.400. The molecular formula is C20H19N5. The summed E-state index contributed by atoms with van der Waals surface area (Å²) in [6.07, 6.45) is 2.55. The van der Waals surface area contributed by atoms with E-state index in [1.54, 1.807) is 0 Å². The van der Waals surface area contributed by atoms with Gasteiger partial charge in [0, 0.05) is 24.9 Å². The van der Waals surface area contributed by atoms with Gasteiger partial charge in [0.2, 0.25) is 0 Å². The van der Waals surface area contributed by atoms with Crippen LogP contribution in [-0.4, -0.2) is 30.7 Å². The van der Waals surface area contributed by atoms with Crippen molar-refractivity contribution in [2.75, 3.05) is 20.1 Å². The molecule has 1 fully saturated rings. The molecule has 1 saturated carbocycles. The smallest absolute Gasteiger partial charge is 0.186 e. The topological polar surface area (TPSA) is 98.5 Å². The van der Waals surface area contributed by atoms with E-state index in [0.717, 1.165) is 17.7 Å². The third-order valence-corrected chi connectivity index (χ3v) is 5.44. The van der Waals surface area contributed by atoms with Gasteiger partial charge >= 0.3 is 0 Å². The lowest BCUT2D eigenvalue weighted by atomic mass is 9.54. The molecule has 5 heteroatoms. The van der Waals surface area contributed by atoms with E-state index in [-0.39, 0.29) is 17.5 Å². The maximum Gasteiger partial charge on any atom is 0.186 e. The van der Waals surface area contributed by atoms with Crippen molar-refractivity contribution < 1.29 is 0 Å². The van der Waals surface area contributed by atoms with E-state index in [4.69, 9.17) is 5.41 Å². The Kier molecular flexibility index (Phi) is 4.41. The Balaban J connectivity index is 2.13. The van der Waals surface area contributed by atoms with Crippen LogP contribution >= 0.6 is 0 Å². The molecule has 124 valence electrons. The average Bonchev–Trinajstić information content (AvgIpc) is 2.64. The zero-order chi connectivity index (χ0) is 18.0. The van der Waals surface area contributed by atoms with Crippen molar-refractivity contribution in [1.29, 1.82) is 21.2 Å². The second-order valence-corrected chi connectivity index (χ2v) is 6.84. The predicted octanol–water partition coefficient (Wildman–Crippen LogP) is 2.54. The molecule has 0 amide bonds. The Morgan fingerprint density at radius 1 is 1.20 bits per heavy atom. The summed E-state index contributed by atoms with van der Waals surface area (Å²) in [6.45, 7) is 1.42. The highest BCUT2D eigenvalue weighted by Crippen LogP contribution is 2.49. The van der Waals surface area contributed by atoms with Gasteiger partial charge in [-0.2, -0.15) is 15.8 Å². The first-order chi connectivity index (χ1) is 12.1. The first-order valence-corrected chi connectivity index (χ1v) is 8.30. The van der Waals surface area contributed by atoms with Crippen LogP contribution in [0.4, 0.5) is 0 Å². The number of likely N-dealkylation sites (N-methyl/N-ethyl adjacent to an activating group) is 1. The van der Waals surface area contributed by atoms with E-state index in [0.29, 0.717) is 13.0 Å². The molecule has 5 nitrogen and oxygen atoms in total. The fourth-order valence-corrected chi connectivity index (χ4v) is 4.13. The lowest BCUT2D eigenvalue weighted by Gasteiger charge is -2.47. The average molecular weight is 329 g/mol. The third-order valence-electron chi connectivity index (χ3n) is 5.44. The molecule has 0 spiro atoms. The maximum atomic E-state index is 9.87. The minimum atomic E-state index is -1.56. The van der Waals surface area contributed by atoms with E-state index in [1.807, 2.05) is 43.5 Å². The van der Waals surface area contributed by atoms with Crippen LogP contribution in [0, 0.1) is 62.6 Å². The predicted molar refractivity (Wildman–Crippen MR) is 93.2 cm³/mol. The van der Waals surface area contributed by atoms with Crippen molar-refractivity contribution in [3.63, 3.8) is 0 Å². The second-order valence-electron chi connectivity index (χ2n) is 6.84. The molecule has 1 N–H and O–H groups in total. The highest BCUT2D eigenvalue weighted by atomic mass is 15.1. The molecule has 3 rings (SSSR count). The Labute approximate surface area is 147 Å². The number of fused-ring (bicyclic) bond motifs is 1. The number of nitrogens with zero attached hydrogens (tertiary/aromatic N) is 4. The van der Waals surface area contributed by atoms with E-state index >= 15 is 0 Å². The normalized spacial score (nSPS) is 28.0. The monoisotopic (exact) mass is 329 g/mol. The molecule has 3 atom stereocenters.